The summed E-state index contributed by atoms with van der Waals surface area (Å²) in [5.41, 5.74) is 14.6. The Morgan fingerprint density at radius 3 is 1.97 bits per heavy atom. The summed E-state index contributed by atoms with van der Waals surface area (Å²) in [5.74, 6) is 0. The summed E-state index contributed by atoms with van der Waals surface area (Å²) in [6.07, 6.45) is 7.79. The molecule has 0 saturated carbocycles. The van der Waals surface area contributed by atoms with E-state index in [-0.39, 0.29) is 0 Å². The Morgan fingerprint density at radius 2 is 1.26 bits per heavy atom. The monoisotopic (exact) mass is 439 g/mol. The van der Waals surface area contributed by atoms with E-state index in [4.69, 9.17) is 9.97 Å². The Bertz CT molecular complexity index is 1700. The average Bonchev–Trinajstić information content (AvgIpc) is 3.42. The topological polar surface area (TPSA) is 56.5 Å². The van der Waals surface area contributed by atoms with Gasteiger partial charge in [0.05, 0.1) is 5.69 Å². The van der Waals surface area contributed by atoms with Crippen molar-refractivity contribution >= 4 is 22.3 Å². The minimum Gasteiger partial charge on any atom is -0.275 e. The van der Waals surface area contributed by atoms with E-state index in [1.807, 2.05) is 0 Å². The Balaban J connectivity index is 1.67. The molecule has 7 rings (SSSR count). The van der Waals surface area contributed by atoms with Crippen LogP contribution in [0.15, 0.2) is 79.4 Å². The van der Waals surface area contributed by atoms with Crippen molar-refractivity contribution in [2.75, 3.05) is 0 Å². The van der Waals surface area contributed by atoms with E-state index in [9.17, 15) is 0 Å². The lowest BCUT2D eigenvalue weighted by Gasteiger charge is -2.22. The standard InChI is InChI=1S/C29H21N5/c1-17-18(2)27(34-28-25(30-12-14-32-28)26-29(34)33-15-13-31-26)22-16-20-10-6-7-11-21(20)24(22)23(17)19-8-4-3-5-9-19/h3-15H,16H2,1-2H3. The molecule has 1 aliphatic carbocycles. The number of fused-ring (bicyclic) bond motifs is 6. The zero-order valence-electron chi connectivity index (χ0n) is 18.9. The first kappa shape index (κ1) is 19.1. The van der Waals surface area contributed by atoms with Crippen LogP contribution < -0.4 is 0 Å². The van der Waals surface area contributed by atoms with E-state index in [0.29, 0.717) is 0 Å². The molecule has 0 amide bonds. The van der Waals surface area contributed by atoms with Gasteiger partial charge in [-0.2, -0.15) is 0 Å². The van der Waals surface area contributed by atoms with Crippen LogP contribution >= 0.6 is 0 Å². The van der Waals surface area contributed by atoms with Gasteiger partial charge in [0.1, 0.15) is 11.0 Å². The highest BCUT2D eigenvalue weighted by Gasteiger charge is 2.30. The highest BCUT2D eigenvalue weighted by atomic mass is 15.1. The third kappa shape index (κ3) is 2.49. The first-order valence-corrected chi connectivity index (χ1v) is 11.5. The number of aromatic nitrogens is 5. The number of benzene rings is 3. The van der Waals surface area contributed by atoms with Crippen molar-refractivity contribution in [1.82, 2.24) is 24.5 Å². The van der Waals surface area contributed by atoms with E-state index >= 15 is 0 Å². The lowest BCUT2D eigenvalue weighted by atomic mass is 9.86. The summed E-state index contributed by atoms with van der Waals surface area (Å²) in [6.45, 7) is 4.44. The Labute approximate surface area is 196 Å². The van der Waals surface area contributed by atoms with Crippen LogP contribution in [0.3, 0.4) is 0 Å². The molecule has 0 atom stereocenters. The third-order valence-electron chi connectivity index (χ3n) is 7.08. The molecule has 162 valence electrons. The van der Waals surface area contributed by atoms with Crippen molar-refractivity contribution < 1.29 is 0 Å². The van der Waals surface area contributed by atoms with Gasteiger partial charge in [0.25, 0.3) is 0 Å². The third-order valence-corrected chi connectivity index (χ3v) is 7.08. The molecular formula is C29H21N5. The summed E-state index contributed by atoms with van der Waals surface area (Å²) < 4.78 is 2.17. The number of nitrogens with zero attached hydrogens (tertiary/aromatic N) is 5. The van der Waals surface area contributed by atoms with Gasteiger partial charge >= 0.3 is 0 Å². The molecule has 3 heterocycles. The Kier molecular flexibility index (Phi) is 3.97. The molecule has 0 unspecified atom stereocenters. The van der Waals surface area contributed by atoms with Crippen LogP contribution in [0.2, 0.25) is 0 Å². The molecule has 1 aliphatic rings. The maximum absolute atomic E-state index is 4.74. The molecule has 0 bridgehead atoms. The van der Waals surface area contributed by atoms with Gasteiger partial charge < -0.3 is 0 Å². The van der Waals surface area contributed by atoms with Crippen molar-refractivity contribution in [2.24, 2.45) is 0 Å². The van der Waals surface area contributed by atoms with Crippen LogP contribution in [-0.2, 0) is 6.42 Å². The molecule has 0 fully saturated rings. The highest BCUT2D eigenvalue weighted by Crippen LogP contribution is 2.49. The fraction of sp³-hybridized carbons (Fsp3) is 0.103. The van der Waals surface area contributed by atoms with Gasteiger partial charge in [-0.25, -0.2) is 19.9 Å². The largest absolute Gasteiger partial charge is 0.275 e. The van der Waals surface area contributed by atoms with Crippen LogP contribution in [0.25, 0.3) is 50.3 Å². The second kappa shape index (κ2) is 7.06. The maximum Gasteiger partial charge on any atom is 0.167 e. The summed E-state index contributed by atoms with van der Waals surface area (Å²) in [7, 11) is 0. The van der Waals surface area contributed by atoms with E-state index < -0.39 is 0 Å². The highest BCUT2D eigenvalue weighted by molar-refractivity contribution is 6.03. The van der Waals surface area contributed by atoms with Gasteiger partial charge in [0, 0.05) is 31.2 Å². The molecule has 5 heteroatoms. The molecular weight excluding hydrogens is 418 g/mol. The van der Waals surface area contributed by atoms with Gasteiger partial charge in [-0.1, -0.05) is 54.6 Å². The van der Waals surface area contributed by atoms with Crippen molar-refractivity contribution in [2.45, 2.75) is 20.3 Å². The smallest absolute Gasteiger partial charge is 0.167 e. The molecule has 6 aromatic rings. The van der Waals surface area contributed by atoms with E-state index in [1.54, 1.807) is 24.8 Å². The molecule has 0 spiro atoms. The van der Waals surface area contributed by atoms with Gasteiger partial charge in [-0.05, 0) is 58.4 Å². The number of hydrogen-bond acceptors (Lipinski definition) is 4. The number of hydrogen-bond donors (Lipinski definition) is 0. The zero-order valence-corrected chi connectivity index (χ0v) is 18.9. The zero-order chi connectivity index (χ0) is 22.8. The van der Waals surface area contributed by atoms with Crippen molar-refractivity contribution in [3.05, 3.63) is 102 Å². The lowest BCUT2D eigenvalue weighted by Crippen LogP contribution is -2.07. The van der Waals surface area contributed by atoms with Crippen LogP contribution in [0.1, 0.15) is 22.3 Å². The molecule has 3 aromatic heterocycles. The first-order chi connectivity index (χ1) is 16.7. The van der Waals surface area contributed by atoms with E-state index in [0.717, 1.165) is 34.4 Å². The lowest BCUT2D eigenvalue weighted by molar-refractivity contribution is 1.04. The van der Waals surface area contributed by atoms with Gasteiger partial charge in [0.2, 0.25) is 0 Å². The summed E-state index contributed by atoms with van der Waals surface area (Å²) in [4.78, 5) is 18.7. The molecule has 34 heavy (non-hydrogen) atoms. The maximum atomic E-state index is 4.74. The van der Waals surface area contributed by atoms with Crippen LogP contribution in [0, 0.1) is 13.8 Å². The fourth-order valence-electron chi connectivity index (χ4n) is 5.53. The van der Waals surface area contributed by atoms with E-state index in [2.05, 4.69) is 83.0 Å². The molecule has 0 aliphatic heterocycles. The minimum absolute atomic E-state index is 0.777. The summed E-state index contributed by atoms with van der Waals surface area (Å²) >= 11 is 0. The quantitative estimate of drug-likeness (QED) is 0.321. The Morgan fingerprint density at radius 1 is 0.647 bits per heavy atom. The minimum atomic E-state index is 0.777. The summed E-state index contributed by atoms with van der Waals surface area (Å²) in [6, 6.07) is 19.5. The first-order valence-electron chi connectivity index (χ1n) is 11.5. The SMILES string of the molecule is Cc1c(C)c(-n2c3nccnc3c3nccnc32)c2c(c1-c1ccccc1)-c1ccccc1C2. The van der Waals surface area contributed by atoms with Crippen molar-refractivity contribution in [1.29, 1.82) is 0 Å². The Hall–Kier alpha value is -4.38. The second-order valence-corrected chi connectivity index (χ2v) is 8.82. The van der Waals surface area contributed by atoms with Crippen molar-refractivity contribution in [3.63, 3.8) is 0 Å². The van der Waals surface area contributed by atoms with E-state index in [1.165, 1.54) is 44.5 Å². The molecule has 0 saturated heterocycles. The fourth-order valence-corrected chi connectivity index (χ4v) is 5.53. The predicted molar refractivity (Wildman–Crippen MR) is 135 cm³/mol. The molecule has 5 nitrogen and oxygen atoms in total. The van der Waals surface area contributed by atoms with Crippen LogP contribution in [-0.4, -0.2) is 24.5 Å². The molecule has 3 aromatic carbocycles. The number of rotatable bonds is 2. The van der Waals surface area contributed by atoms with Crippen LogP contribution in [0.5, 0.6) is 0 Å². The summed E-state index contributed by atoms with van der Waals surface area (Å²) in [5, 5.41) is 0. The van der Waals surface area contributed by atoms with Crippen LogP contribution in [0.4, 0.5) is 0 Å². The van der Waals surface area contributed by atoms with Gasteiger partial charge in [0.15, 0.2) is 11.3 Å². The van der Waals surface area contributed by atoms with Gasteiger partial charge in [-0.3, -0.25) is 4.57 Å². The van der Waals surface area contributed by atoms with Crippen molar-refractivity contribution in [3.8, 4) is 27.9 Å². The predicted octanol–water partition coefficient (Wildman–Crippen LogP) is 6.22. The normalized spacial score (nSPS) is 12.3. The van der Waals surface area contributed by atoms with Gasteiger partial charge in [-0.15, -0.1) is 0 Å². The average molecular weight is 440 g/mol. The molecule has 0 radical (unpaired) electrons. The second-order valence-electron chi connectivity index (χ2n) is 8.82. The molecule has 0 N–H and O–H groups in total.